The summed E-state index contributed by atoms with van der Waals surface area (Å²) in [6.07, 6.45) is 0. The molecule has 134 valence electrons. The predicted molar refractivity (Wildman–Crippen MR) is 104 cm³/mol. The molecule has 0 spiro atoms. The molecule has 0 fully saturated rings. The third-order valence-electron chi connectivity index (χ3n) is 4.26. The van der Waals surface area contributed by atoms with Gasteiger partial charge in [-0.25, -0.2) is 4.98 Å². The number of anilines is 1. The first-order valence-electron chi connectivity index (χ1n) is 8.61. The van der Waals surface area contributed by atoms with Crippen LogP contribution in [0.2, 0.25) is 0 Å². The first-order valence-corrected chi connectivity index (χ1v) is 8.61. The molecule has 6 nitrogen and oxygen atoms in total. The van der Waals surface area contributed by atoms with E-state index in [1.807, 2.05) is 24.3 Å². The van der Waals surface area contributed by atoms with Crippen molar-refractivity contribution in [1.82, 2.24) is 15.5 Å². The van der Waals surface area contributed by atoms with Crippen molar-refractivity contribution in [2.24, 2.45) is 0 Å². The van der Waals surface area contributed by atoms with Crippen molar-refractivity contribution in [3.8, 4) is 11.3 Å². The average molecular weight is 358 g/mol. The molecule has 4 aromatic rings. The van der Waals surface area contributed by atoms with Gasteiger partial charge in [0.1, 0.15) is 17.2 Å². The number of rotatable bonds is 5. The number of fused-ring (bicyclic) bond motifs is 1. The molecule has 0 atom stereocenters. The minimum absolute atomic E-state index is 0.262. The van der Waals surface area contributed by atoms with E-state index in [1.54, 1.807) is 25.2 Å². The maximum Gasteiger partial charge on any atom is 0.270 e. The van der Waals surface area contributed by atoms with Crippen LogP contribution in [0.25, 0.3) is 22.1 Å². The van der Waals surface area contributed by atoms with Crippen LogP contribution >= 0.6 is 0 Å². The van der Waals surface area contributed by atoms with Gasteiger partial charge in [0.15, 0.2) is 5.76 Å². The van der Waals surface area contributed by atoms with E-state index in [-0.39, 0.29) is 12.5 Å². The summed E-state index contributed by atoms with van der Waals surface area (Å²) in [6.45, 7) is 0.265. The van der Waals surface area contributed by atoms with E-state index >= 15 is 0 Å². The fourth-order valence-corrected chi connectivity index (χ4v) is 2.84. The van der Waals surface area contributed by atoms with Gasteiger partial charge in [0, 0.05) is 18.7 Å². The Morgan fingerprint density at radius 3 is 2.70 bits per heavy atom. The molecule has 2 aromatic heterocycles. The summed E-state index contributed by atoms with van der Waals surface area (Å²) in [6, 6.07) is 21.3. The van der Waals surface area contributed by atoms with Gasteiger partial charge in [-0.05, 0) is 29.0 Å². The number of benzene rings is 2. The lowest BCUT2D eigenvalue weighted by Gasteiger charge is -2.04. The van der Waals surface area contributed by atoms with Crippen LogP contribution in [0.5, 0.6) is 0 Å². The SMILES string of the molecule is CNc1cccc(C(=O)NCc2cc(-c3ccc4ccccc4c3)on2)n1. The normalized spacial score (nSPS) is 10.7. The standard InChI is InChI=1S/C21H18N4O2/c1-22-20-8-4-7-18(24-20)21(26)23-13-17-12-19(27-25-17)16-10-9-14-5-2-3-6-15(14)11-16/h2-12H,13H2,1H3,(H,22,24)(H,23,26). The fraction of sp³-hybridized carbons (Fsp3) is 0.0952. The van der Waals surface area contributed by atoms with Crippen molar-refractivity contribution in [3.05, 3.63) is 78.1 Å². The second kappa shape index (κ2) is 7.29. The average Bonchev–Trinajstić information content (AvgIpc) is 3.20. The molecule has 0 aliphatic heterocycles. The molecule has 2 heterocycles. The van der Waals surface area contributed by atoms with Gasteiger partial charge in [-0.15, -0.1) is 0 Å². The molecule has 0 aliphatic rings. The first-order chi connectivity index (χ1) is 13.2. The van der Waals surface area contributed by atoms with Crippen LogP contribution in [0.4, 0.5) is 5.82 Å². The molecule has 2 N–H and O–H groups in total. The number of amides is 1. The zero-order chi connectivity index (χ0) is 18.6. The molecule has 0 saturated heterocycles. The molecule has 1 amide bonds. The van der Waals surface area contributed by atoms with Crippen LogP contribution in [-0.2, 0) is 6.54 Å². The Morgan fingerprint density at radius 2 is 1.85 bits per heavy atom. The highest BCUT2D eigenvalue weighted by molar-refractivity contribution is 5.92. The van der Waals surface area contributed by atoms with E-state index < -0.39 is 0 Å². The molecule has 0 unspecified atom stereocenters. The van der Waals surface area contributed by atoms with Crippen molar-refractivity contribution < 1.29 is 9.32 Å². The first kappa shape index (κ1) is 16.8. The second-order valence-corrected chi connectivity index (χ2v) is 6.09. The molecule has 2 aromatic carbocycles. The van der Waals surface area contributed by atoms with Crippen LogP contribution in [-0.4, -0.2) is 23.1 Å². The zero-order valence-electron chi connectivity index (χ0n) is 14.8. The maximum atomic E-state index is 12.2. The topological polar surface area (TPSA) is 80.0 Å². The molecule has 0 radical (unpaired) electrons. The van der Waals surface area contributed by atoms with Gasteiger partial charge >= 0.3 is 0 Å². The Balaban J connectivity index is 1.46. The molecule has 0 saturated carbocycles. The minimum atomic E-state index is -0.262. The summed E-state index contributed by atoms with van der Waals surface area (Å²) in [5, 5.41) is 12.1. The lowest BCUT2D eigenvalue weighted by atomic mass is 10.1. The van der Waals surface area contributed by atoms with Crippen molar-refractivity contribution in [3.63, 3.8) is 0 Å². The Kier molecular flexibility index (Phi) is 4.53. The molecular weight excluding hydrogens is 340 g/mol. The molecule has 0 bridgehead atoms. The van der Waals surface area contributed by atoms with Crippen LogP contribution in [0.3, 0.4) is 0 Å². The van der Waals surface area contributed by atoms with Gasteiger partial charge in [-0.1, -0.05) is 47.6 Å². The van der Waals surface area contributed by atoms with Crippen LogP contribution in [0, 0.1) is 0 Å². The molecule has 0 aliphatic carbocycles. The Morgan fingerprint density at radius 1 is 1.00 bits per heavy atom. The third-order valence-corrected chi connectivity index (χ3v) is 4.26. The lowest BCUT2D eigenvalue weighted by Crippen LogP contribution is -2.24. The molecule has 4 rings (SSSR count). The number of hydrogen-bond acceptors (Lipinski definition) is 5. The highest BCUT2D eigenvalue weighted by Crippen LogP contribution is 2.25. The van der Waals surface area contributed by atoms with E-state index in [2.05, 4.69) is 45.0 Å². The minimum Gasteiger partial charge on any atom is -0.373 e. The van der Waals surface area contributed by atoms with Gasteiger partial charge in [-0.2, -0.15) is 0 Å². The highest BCUT2D eigenvalue weighted by Gasteiger charge is 2.11. The number of pyridine rings is 1. The summed E-state index contributed by atoms with van der Waals surface area (Å²) in [7, 11) is 1.76. The third kappa shape index (κ3) is 3.64. The van der Waals surface area contributed by atoms with Crippen molar-refractivity contribution in [2.45, 2.75) is 6.54 Å². The predicted octanol–water partition coefficient (Wildman–Crippen LogP) is 3.86. The van der Waals surface area contributed by atoms with Crippen molar-refractivity contribution >= 4 is 22.5 Å². The summed E-state index contributed by atoms with van der Waals surface area (Å²) in [5.74, 6) is 1.05. The number of aromatic nitrogens is 2. The van der Waals surface area contributed by atoms with E-state index in [0.717, 1.165) is 10.9 Å². The molecule has 27 heavy (non-hydrogen) atoms. The lowest BCUT2D eigenvalue weighted by molar-refractivity contribution is 0.0945. The van der Waals surface area contributed by atoms with E-state index in [0.29, 0.717) is 23.0 Å². The van der Waals surface area contributed by atoms with Crippen LogP contribution in [0.1, 0.15) is 16.2 Å². The largest absolute Gasteiger partial charge is 0.373 e. The maximum absolute atomic E-state index is 12.2. The summed E-state index contributed by atoms with van der Waals surface area (Å²) in [4.78, 5) is 16.5. The quantitative estimate of drug-likeness (QED) is 0.566. The molecule has 6 heteroatoms. The summed E-state index contributed by atoms with van der Waals surface area (Å²) >= 11 is 0. The van der Waals surface area contributed by atoms with Crippen LogP contribution < -0.4 is 10.6 Å². The van der Waals surface area contributed by atoms with Crippen LogP contribution in [0.15, 0.2) is 71.3 Å². The fourth-order valence-electron chi connectivity index (χ4n) is 2.84. The summed E-state index contributed by atoms with van der Waals surface area (Å²) < 4.78 is 5.45. The Hall–Kier alpha value is -3.67. The van der Waals surface area contributed by atoms with Gasteiger partial charge in [-0.3, -0.25) is 4.79 Å². The van der Waals surface area contributed by atoms with Gasteiger partial charge < -0.3 is 15.2 Å². The van der Waals surface area contributed by atoms with Gasteiger partial charge in [0.05, 0.1) is 6.54 Å². The van der Waals surface area contributed by atoms with E-state index in [1.165, 1.54) is 5.39 Å². The highest BCUT2D eigenvalue weighted by atomic mass is 16.5. The second-order valence-electron chi connectivity index (χ2n) is 6.09. The summed E-state index contributed by atoms with van der Waals surface area (Å²) in [5.41, 5.74) is 1.94. The van der Waals surface area contributed by atoms with Gasteiger partial charge in [0.2, 0.25) is 0 Å². The monoisotopic (exact) mass is 358 g/mol. The molecular formula is C21H18N4O2. The zero-order valence-corrected chi connectivity index (χ0v) is 14.8. The Bertz CT molecular complexity index is 1100. The van der Waals surface area contributed by atoms with E-state index in [9.17, 15) is 4.79 Å². The van der Waals surface area contributed by atoms with Crippen molar-refractivity contribution in [1.29, 1.82) is 0 Å². The van der Waals surface area contributed by atoms with Gasteiger partial charge in [0.25, 0.3) is 5.91 Å². The smallest absolute Gasteiger partial charge is 0.270 e. The van der Waals surface area contributed by atoms with Crippen molar-refractivity contribution in [2.75, 3.05) is 12.4 Å². The number of nitrogens with one attached hydrogen (secondary N) is 2. The number of nitrogens with zero attached hydrogens (tertiary/aromatic N) is 2. The number of carbonyl (C=O) groups is 1. The number of carbonyl (C=O) groups excluding carboxylic acids is 1. The number of hydrogen-bond donors (Lipinski definition) is 2. The van der Waals surface area contributed by atoms with E-state index in [4.69, 9.17) is 4.52 Å². The Labute approximate surface area is 156 Å².